The maximum Gasteiger partial charge on any atom is 0.272 e. The Balaban J connectivity index is 1.43. The first-order valence-electron chi connectivity index (χ1n) is 11.0. The van der Waals surface area contributed by atoms with Crippen LogP contribution in [-0.2, 0) is 6.42 Å². The third-order valence-corrected chi connectivity index (χ3v) is 5.94. The number of carbonyl (C=O) groups is 1. The van der Waals surface area contributed by atoms with E-state index in [0.29, 0.717) is 27.6 Å². The number of hydrogen-bond donors (Lipinski definition) is 1. The fourth-order valence-electron chi connectivity index (χ4n) is 3.89. The van der Waals surface area contributed by atoms with Gasteiger partial charge in [-0.05, 0) is 30.2 Å². The molecule has 0 radical (unpaired) electrons. The first kappa shape index (κ1) is 21.9. The van der Waals surface area contributed by atoms with Crippen LogP contribution < -0.4 is 14.9 Å². The average molecular weight is 472 g/mol. The largest absolute Gasteiger partial charge is 0.454 e. The van der Waals surface area contributed by atoms with Gasteiger partial charge in [-0.2, -0.15) is 5.10 Å². The zero-order valence-corrected chi connectivity index (χ0v) is 19.3. The van der Waals surface area contributed by atoms with Gasteiger partial charge in [-0.25, -0.2) is 10.4 Å². The molecule has 0 fully saturated rings. The first-order valence-corrected chi connectivity index (χ1v) is 11.4. The second kappa shape index (κ2) is 9.53. The molecule has 3 aromatic carbocycles. The van der Waals surface area contributed by atoms with Crippen molar-refractivity contribution in [2.45, 2.75) is 19.8 Å². The number of nitrogens with one attached hydrogen (secondary N) is 1. The second-order valence-corrected chi connectivity index (χ2v) is 8.35. The maximum absolute atomic E-state index is 13.1. The smallest absolute Gasteiger partial charge is 0.272 e. The normalized spacial score (nSPS) is 12.4. The number of halogens is 1. The van der Waals surface area contributed by atoms with Crippen LogP contribution in [-0.4, -0.2) is 23.9 Å². The molecule has 7 heteroatoms. The van der Waals surface area contributed by atoms with Crippen molar-refractivity contribution in [2.24, 2.45) is 5.10 Å². The highest BCUT2D eigenvalue weighted by molar-refractivity contribution is 6.33. The summed E-state index contributed by atoms with van der Waals surface area (Å²) in [6, 6.07) is 21.1. The van der Waals surface area contributed by atoms with E-state index in [-0.39, 0.29) is 12.7 Å². The van der Waals surface area contributed by atoms with Gasteiger partial charge in [0.05, 0.1) is 28.0 Å². The predicted molar refractivity (Wildman–Crippen MR) is 134 cm³/mol. The van der Waals surface area contributed by atoms with Gasteiger partial charge in [0, 0.05) is 22.6 Å². The van der Waals surface area contributed by atoms with Crippen LogP contribution in [0.1, 0.15) is 34.8 Å². The molecule has 1 aliphatic heterocycles. The fourth-order valence-corrected chi connectivity index (χ4v) is 4.10. The van der Waals surface area contributed by atoms with Gasteiger partial charge in [0.2, 0.25) is 6.79 Å². The third-order valence-electron chi connectivity index (χ3n) is 5.61. The molecule has 0 aliphatic carbocycles. The lowest BCUT2D eigenvalue weighted by molar-refractivity contribution is 0.0956. The minimum absolute atomic E-state index is 0.155. The van der Waals surface area contributed by atoms with Crippen molar-refractivity contribution in [1.82, 2.24) is 10.4 Å². The zero-order chi connectivity index (χ0) is 23.5. The molecule has 0 saturated heterocycles. The molecule has 170 valence electrons. The second-order valence-electron chi connectivity index (χ2n) is 7.95. The van der Waals surface area contributed by atoms with Gasteiger partial charge in [-0.1, -0.05) is 67.4 Å². The molecule has 0 spiro atoms. The number of hydrogen-bond acceptors (Lipinski definition) is 5. The van der Waals surface area contributed by atoms with Crippen LogP contribution in [0.4, 0.5) is 0 Å². The molecule has 0 unspecified atom stereocenters. The molecular weight excluding hydrogens is 450 g/mol. The number of pyridine rings is 1. The summed E-state index contributed by atoms with van der Waals surface area (Å²) in [5.41, 5.74) is 7.42. The van der Waals surface area contributed by atoms with Gasteiger partial charge >= 0.3 is 0 Å². The number of para-hydroxylation sites is 1. The molecule has 34 heavy (non-hydrogen) atoms. The SMILES string of the molecule is CCCc1ccc(-c2cc(C(=O)NN=Cc3cc4c(cc3Cl)OCO4)c3ccccc3n2)cc1. The number of carbonyl (C=O) groups excluding carboxylic acids is 1. The van der Waals surface area contributed by atoms with E-state index >= 15 is 0 Å². The van der Waals surface area contributed by atoms with Gasteiger partial charge in [-0.15, -0.1) is 0 Å². The number of nitrogens with zero attached hydrogens (tertiary/aromatic N) is 2. The molecule has 1 amide bonds. The summed E-state index contributed by atoms with van der Waals surface area (Å²) < 4.78 is 10.7. The number of aromatic nitrogens is 1. The Morgan fingerprint density at radius 2 is 1.85 bits per heavy atom. The molecule has 2 heterocycles. The Labute approximate surface area is 202 Å². The molecule has 1 aliphatic rings. The lowest BCUT2D eigenvalue weighted by Crippen LogP contribution is -2.18. The van der Waals surface area contributed by atoms with Crippen molar-refractivity contribution in [3.63, 3.8) is 0 Å². The molecule has 0 saturated carbocycles. The molecule has 5 rings (SSSR count). The molecule has 1 N–H and O–H groups in total. The molecular formula is C27H22ClN3O3. The average Bonchev–Trinajstić information content (AvgIpc) is 3.31. The predicted octanol–water partition coefficient (Wildman–Crippen LogP) is 6.00. The minimum Gasteiger partial charge on any atom is -0.454 e. The molecule has 6 nitrogen and oxygen atoms in total. The van der Waals surface area contributed by atoms with E-state index < -0.39 is 0 Å². The van der Waals surface area contributed by atoms with Crippen molar-refractivity contribution in [3.05, 3.63) is 88.4 Å². The van der Waals surface area contributed by atoms with E-state index in [9.17, 15) is 4.79 Å². The van der Waals surface area contributed by atoms with Crippen LogP contribution in [0.5, 0.6) is 11.5 Å². The Morgan fingerprint density at radius 1 is 1.09 bits per heavy atom. The monoisotopic (exact) mass is 471 g/mol. The summed E-state index contributed by atoms with van der Waals surface area (Å²) in [5.74, 6) is 0.840. The Bertz CT molecular complexity index is 1400. The van der Waals surface area contributed by atoms with Crippen LogP contribution in [0.25, 0.3) is 22.2 Å². The molecule has 1 aromatic heterocycles. The van der Waals surface area contributed by atoms with Gasteiger partial charge < -0.3 is 9.47 Å². The molecule has 4 aromatic rings. The summed E-state index contributed by atoms with van der Waals surface area (Å²) >= 11 is 6.29. The Morgan fingerprint density at radius 3 is 2.65 bits per heavy atom. The van der Waals surface area contributed by atoms with Gasteiger partial charge in [0.1, 0.15) is 0 Å². The Hall–Kier alpha value is -3.90. The minimum atomic E-state index is -0.337. The van der Waals surface area contributed by atoms with Gasteiger partial charge in [-0.3, -0.25) is 4.79 Å². The van der Waals surface area contributed by atoms with Crippen molar-refractivity contribution in [1.29, 1.82) is 0 Å². The van der Waals surface area contributed by atoms with E-state index in [1.807, 2.05) is 36.4 Å². The highest BCUT2D eigenvalue weighted by atomic mass is 35.5. The summed E-state index contributed by atoms with van der Waals surface area (Å²) in [5, 5.41) is 5.32. The van der Waals surface area contributed by atoms with Crippen LogP contribution in [0.3, 0.4) is 0 Å². The lowest BCUT2D eigenvalue weighted by atomic mass is 10.0. The van der Waals surface area contributed by atoms with Crippen molar-refractivity contribution in [3.8, 4) is 22.8 Å². The number of hydrazone groups is 1. The van der Waals surface area contributed by atoms with Crippen LogP contribution in [0.2, 0.25) is 5.02 Å². The van der Waals surface area contributed by atoms with Crippen LogP contribution in [0.15, 0.2) is 71.8 Å². The quantitative estimate of drug-likeness (QED) is 0.276. The standard InChI is InChI=1S/C27H22ClN3O3/c1-2-5-17-8-10-18(11-9-17)24-13-21(20-6-3-4-7-23(20)30-24)27(32)31-29-15-19-12-25-26(14-22(19)28)34-16-33-25/h3-4,6-15H,2,5,16H2,1H3,(H,31,32). The number of aryl methyl sites for hydroxylation is 1. The number of rotatable bonds is 6. The van der Waals surface area contributed by atoms with Crippen molar-refractivity contribution < 1.29 is 14.3 Å². The third kappa shape index (κ3) is 4.45. The first-order chi connectivity index (χ1) is 16.6. The number of fused-ring (bicyclic) bond motifs is 2. The maximum atomic E-state index is 13.1. The topological polar surface area (TPSA) is 72.8 Å². The van der Waals surface area contributed by atoms with Gasteiger partial charge in [0.25, 0.3) is 5.91 Å². The lowest BCUT2D eigenvalue weighted by Gasteiger charge is -2.09. The van der Waals surface area contributed by atoms with E-state index in [1.54, 1.807) is 18.2 Å². The summed E-state index contributed by atoms with van der Waals surface area (Å²) in [4.78, 5) is 17.9. The van der Waals surface area contributed by atoms with Gasteiger partial charge in [0.15, 0.2) is 11.5 Å². The van der Waals surface area contributed by atoms with Crippen molar-refractivity contribution >= 4 is 34.6 Å². The molecule has 0 bridgehead atoms. The summed E-state index contributed by atoms with van der Waals surface area (Å²) in [7, 11) is 0. The number of ether oxygens (including phenoxy) is 2. The van der Waals surface area contributed by atoms with E-state index in [1.165, 1.54) is 11.8 Å². The number of amides is 1. The van der Waals surface area contributed by atoms with Crippen LogP contribution in [0, 0.1) is 0 Å². The Kier molecular flexibility index (Phi) is 6.14. The summed E-state index contributed by atoms with van der Waals surface area (Å²) in [6.45, 7) is 2.31. The van der Waals surface area contributed by atoms with Crippen LogP contribution >= 0.6 is 11.6 Å². The highest BCUT2D eigenvalue weighted by Gasteiger charge is 2.16. The van der Waals surface area contributed by atoms with E-state index in [0.717, 1.165) is 35.0 Å². The van der Waals surface area contributed by atoms with Crippen molar-refractivity contribution in [2.75, 3.05) is 6.79 Å². The zero-order valence-electron chi connectivity index (χ0n) is 18.5. The van der Waals surface area contributed by atoms with E-state index in [2.05, 4.69) is 29.6 Å². The number of benzene rings is 3. The highest BCUT2D eigenvalue weighted by Crippen LogP contribution is 2.36. The fraction of sp³-hybridized carbons (Fsp3) is 0.148. The van der Waals surface area contributed by atoms with E-state index in [4.69, 9.17) is 26.1 Å². The summed E-state index contributed by atoms with van der Waals surface area (Å²) in [6.07, 6.45) is 3.61. The molecule has 0 atom stereocenters.